The van der Waals surface area contributed by atoms with E-state index in [9.17, 15) is 32.8 Å². The Morgan fingerprint density at radius 1 is 1.14 bits per heavy atom. The minimum absolute atomic E-state index is 0.0145. The lowest BCUT2D eigenvalue weighted by molar-refractivity contribution is -0.137. The largest absolute Gasteiger partial charge is 0.416 e. The molecule has 2 saturated carbocycles. The summed E-state index contributed by atoms with van der Waals surface area (Å²) >= 11 is 0. The Morgan fingerprint density at radius 2 is 1.89 bits per heavy atom. The van der Waals surface area contributed by atoms with E-state index < -0.39 is 35.6 Å². The van der Waals surface area contributed by atoms with Gasteiger partial charge in [-0.3, -0.25) is 19.3 Å². The van der Waals surface area contributed by atoms with Crippen LogP contribution >= 0.6 is 0 Å². The van der Waals surface area contributed by atoms with E-state index in [0.29, 0.717) is 49.8 Å². The Hall–Kier alpha value is -3.92. The monoisotopic (exact) mass is 610 g/mol. The summed E-state index contributed by atoms with van der Waals surface area (Å²) in [6, 6.07) is 4.59. The van der Waals surface area contributed by atoms with Crippen LogP contribution < -0.4 is 10.2 Å². The summed E-state index contributed by atoms with van der Waals surface area (Å²) in [5, 5.41) is 17.5. The number of hydrogen-bond donors (Lipinski definition) is 1. The molecule has 0 radical (unpaired) electrons. The third-order valence-electron chi connectivity index (χ3n) is 9.81. The molecule has 3 aliphatic heterocycles. The van der Waals surface area contributed by atoms with Gasteiger partial charge in [0.05, 0.1) is 17.7 Å². The number of nitrogens with one attached hydrogen (secondary N) is 1. The fourth-order valence-corrected chi connectivity index (χ4v) is 7.42. The van der Waals surface area contributed by atoms with Crippen LogP contribution in [0.1, 0.15) is 89.4 Å². The molecule has 3 amide bonds. The highest BCUT2D eigenvalue weighted by molar-refractivity contribution is 6.07. The first-order valence-electron chi connectivity index (χ1n) is 15.3. The molecule has 7 rings (SSSR count). The van der Waals surface area contributed by atoms with E-state index in [-0.39, 0.29) is 47.6 Å². The number of anilines is 1. The number of ether oxygens (including phenoxy) is 1. The smallest absolute Gasteiger partial charge is 0.381 e. The SMILES string of the molecule is CCN1C(=O)[C@@H](NC(=O)c2cccc(C(F)(F)F)c2)[C@@H](C2CC2)c2c(C(=O)N3C4CC4C[C@H]3C#N)nn(C3CCOCC3)c21. The summed E-state index contributed by atoms with van der Waals surface area (Å²) in [6.07, 6.45) is -0.341. The van der Waals surface area contributed by atoms with Crippen LogP contribution in [0.4, 0.5) is 19.0 Å². The van der Waals surface area contributed by atoms with Gasteiger partial charge in [-0.1, -0.05) is 6.07 Å². The van der Waals surface area contributed by atoms with Crippen LogP contribution in [0.25, 0.3) is 0 Å². The molecular weight excluding hydrogens is 577 g/mol. The lowest BCUT2D eigenvalue weighted by Crippen LogP contribution is -2.56. The van der Waals surface area contributed by atoms with Gasteiger partial charge in [0.25, 0.3) is 17.7 Å². The maximum atomic E-state index is 14.3. The van der Waals surface area contributed by atoms with Crippen molar-refractivity contribution in [3.63, 3.8) is 0 Å². The molecule has 13 heteroatoms. The number of rotatable bonds is 6. The van der Waals surface area contributed by atoms with Crippen LogP contribution in [0.2, 0.25) is 0 Å². The van der Waals surface area contributed by atoms with E-state index in [2.05, 4.69) is 11.4 Å². The summed E-state index contributed by atoms with van der Waals surface area (Å²) in [4.78, 5) is 45.2. The fraction of sp³-hybridized carbons (Fsp3) is 0.581. The number of carbonyl (C=O) groups is 3. The fourth-order valence-electron chi connectivity index (χ4n) is 7.42. The number of alkyl halides is 3. The molecule has 1 N–H and O–H groups in total. The lowest BCUT2D eigenvalue weighted by Gasteiger charge is -2.39. The quantitative estimate of drug-likeness (QED) is 0.527. The predicted octanol–water partition coefficient (Wildman–Crippen LogP) is 4.04. The number of hydrogen-bond acceptors (Lipinski definition) is 6. The average molecular weight is 611 g/mol. The third-order valence-corrected chi connectivity index (χ3v) is 9.81. The number of carbonyl (C=O) groups excluding carboxylic acids is 3. The van der Waals surface area contributed by atoms with Crippen molar-refractivity contribution < 1.29 is 32.3 Å². The lowest BCUT2D eigenvalue weighted by atomic mass is 9.82. The molecule has 2 unspecified atom stereocenters. The number of likely N-dealkylation sites (N-methyl/N-ethyl adjacent to an activating group) is 1. The predicted molar refractivity (Wildman–Crippen MR) is 150 cm³/mol. The van der Waals surface area contributed by atoms with E-state index in [4.69, 9.17) is 9.84 Å². The van der Waals surface area contributed by atoms with Crippen LogP contribution in [0, 0.1) is 23.2 Å². The molecule has 4 fully saturated rings. The van der Waals surface area contributed by atoms with Gasteiger partial charge < -0.3 is 15.0 Å². The zero-order chi connectivity index (χ0) is 30.9. The van der Waals surface area contributed by atoms with Crippen molar-refractivity contribution in [1.82, 2.24) is 20.0 Å². The number of nitriles is 1. The van der Waals surface area contributed by atoms with Gasteiger partial charge in [0.15, 0.2) is 5.69 Å². The zero-order valence-corrected chi connectivity index (χ0v) is 24.2. The summed E-state index contributed by atoms with van der Waals surface area (Å²) < 4.78 is 47.6. The molecule has 5 aliphatic rings. The highest BCUT2D eigenvalue weighted by Gasteiger charge is 2.57. The molecule has 0 spiro atoms. The first-order valence-corrected chi connectivity index (χ1v) is 15.3. The van der Waals surface area contributed by atoms with Crippen molar-refractivity contribution in [3.05, 3.63) is 46.6 Å². The van der Waals surface area contributed by atoms with E-state index in [1.54, 1.807) is 16.5 Å². The summed E-state index contributed by atoms with van der Waals surface area (Å²) in [5.41, 5.74) is -0.391. The molecule has 44 heavy (non-hydrogen) atoms. The van der Waals surface area contributed by atoms with Gasteiger partial charge in [-0.15, -0.1) is 0 Å². The van der Waals surface area contributed by atoms with Gasteiger partial charge in [-0.25, -0.2) is 4.68 Å². The molecule has 0 bridgehead atoms. The van der Waals surface area contributed by atoms with Gasteiger partial charge in [0.1, 0.15) is 17.9 Å². The van der Waals surface area contributed by atoms with Gasteiger partial charge in [0, 0.05) is 42.8 Å². The molecule has 232 valence electrons. The van der Waals surface area contributed by atoms with Crippen molar-refractivity contribution in [2.75, 3.05) is 24.7 Å². The van der Waals surface area contributed by atoms with Crippen LogP contribution in [0.15, 0.2) is 24.3 Å². The first kappa shape index (κ1) is 28.8. The summed E-state index contributed by atoms with van der Waals surface area (Å²) in [5.74, 6) is -1.32. The van der Waals surface area contributed by atoms with E-state index >= 15 is 0 Å². The second kappa shape index (κ2) is 10.6. The standard InChI is InChI=1S/C31H33F3N6O4/c1-2-38-28-24(23(16-6-7-16)25(29(38)42)36-27(41)17-4-3-5-19(12-17)31(32,33)34)26(37-40(28)20-8-10-44-11-9-20)30(43)39-21(15-35)13-18-14-22(18)39/h3-5,12,16,18,20-23,25H,2,6-11,13-14H2,1H3,(H,36,41)/t18?,21-,22?,23-,25-/m0/s1. The zero-order valence-electron chi connectivity index (χ0n) is 24.2. The number of halogens is 3. The van der Waals surface area contributed by atoms with E-state index in [1.165, 1.54) is 11.0 Å². The molecule has 2 aliphatic carbocycles. The van der Waals surface area contributed by atoms with Crippen LogP contribution in [0.3, 0.4) is 0 Å². The van der Waals surface area contributed by atoms with Crippen molar-refractivity contribution in [2.45, 2.75) is 81.7 Å². The number of aromatic nitrogens is 2. The van der Waals surface area contributed by atoms with Crippen molar-refractivity contribution >= 4 is 23.5 Å². The third kappa shape index (κ3) is 4.74. The second-order valence-electron chi connectivity index (χ2n) is 12.5. The van der Waals surface area contributed by atoms with Crippen molar-refractivity contribution in [2.24, 2.45) is 11.8 Å². The minimum atomic E-state index is -4.63. The number of piperidine rings is 1. The second-order valence-corrected chi connectivity index (χ2v) is 12.5. The number of benzene rings is 1. The van der Waals surface area contributed by atoms with Crippen LogP contribution in [-0.2, 0) is 15.7 Å². The maximum absolute atomic E-state index is 14.3. The van der Waals surface area contributed by atoms with E-state index in [1.807, 2.05) is 0 Å². The number of fused-ring (bicyclic) bond motifs is 2. The van der Waals surface area contributed by atoms with E-state index in [0.717, 1.165) is 37.5 Å². The molecule has 2 aromatic rings. The molecule has 5 atom stereocenters. The Labute approximate surface area is 252 Å². The van der Waals surface area contributed by atoms with Gasteiger partial charge in [-0.2, -0.15) is 23.5 Å². The Balaban J connectivity index is 1.33. The van der Waals surface area contributed by atoms with Crippen molar-refractivity contribution in [1.29, 1.82) is 5.26 Å². The molecule has 2 saturated heterocycles. The molecule has 10 nitrogen and oxygen atoms in total. The molecule has 1 aromatic heterocycles. The van der Waals surface area contributed by atoms with Gasteiger partial charge >= 0.3 is 6.18 Å². The number of likely N-dealkylation sites (tertiary alicyclic amines) is 1. The molecule has 4 heterocycles. The van der Waals surface area contributed by atoms with Gasteiger partial charge in [-0.05, 0) is 75.5 Å². The highest BCUT2D eigenvalue weighted by Crippen LogP contribution is 2.53. The topological polar surface area (TPSA) is 121 Å². The number of nitrogens with zero attached hydrogens (tertiary/aromatic N) is 5. The minimum Gasteiger partial charge on any atom is -0.381 e. The average Bonchev–Trinajstić information content (AvgIpc) is 3.94. The Kier molecular flexibility index (Phi) is 6.95. The highest BCUT2D eigenvalue weighted by atomic mass is 19.4. The Bertz CT molecular complexity index is 1560. The van der Waals surface area contributed by atoms with Gasteiger partial charge in [0.2, 0.25) is 0 Å². The number of amides is 3. The van der Waals surface area contributed by atoms with Crippen molar-refractivity contribution in [3.8, 4) is 6.07 Å². The summed E-state index contributed by atoms with van der Waals surface area (Å²) in [6.45, 7) is 3.05. The normalized spacial score (nSPS) is 28.3. The first-order chi connectivity index (χ1) is 21.1. The molecular formula is C31H33F3N6O4. The Morgan fingerprint density at radius 3 is 2.55 bits per heavy atom. The van der Waals surface area contributed by atoms with Crippen LogP contribution in [-0.4, -0.2) is 70.3 Å². The molecule has 1 aromatic carbocycles. The van der Waals surface area contributed by atoms with Crippen LogP contribution in [0.5, 0.6) is 0 Å². The maximum Gasteiger partial charge on any atom is 0.416 e. The summed E-state index contributed by atoms with van der Waals surface area (Å²) in [7, 11) is 0.